The predicted molar refractivity (Wildman–Crippen MR) is 101 cm³/mol. The maximum Gasteiger partial charge on any atom is 0.236 e. The topological polar surface area (TPSA) is 96.4 Å². The summed E-state index contributed by atoms with van der Waals surface area (Å²) in [6, 6.07) is 12.6. The van der Waals surface area contributed by atoms with Gasteiger partial charge in [0.2, 0.25) is 5.95 Å². The Bertz CT molecular complexity index is 1100. The van der Waals surface area contributed by atoms with Gasteiger partial charge in [0.05, 0.1) is 37.2 Å². The van der Waals surface area contributed by atoms with Gasteiger partial charge in [0.15, 0.2) is 17.1 Å². The number of anilines is 3. The molecule has 2 heterocycles. The van der Waals surface area contributed by atoms with Crippen LogP contribution >= 0.6 is 0 Å². The van der Waals surface area contributed by atoms with E-state index < -0.39 is 0 Å². The molecule has 0 aliphatic heterocycles. The highest BCUT2D eigenvalue weighted by Gasteiger charge is 2.18. The molecule has 0 bridgehead atoms. The third kappa shape index (κ3) is 3.08. The molecule has 0 aliphatic carbocycles. The molecule has 27 heavy (non-hydrogen) atoms. The molecule has 2 aromatic carbocycles. The molecular weight excluding hydrogens is 346 g/mol. The van der Waals surface area contributed by atoms with Gasteiger partial charge in [0.25, 0.3) is 0 Å². The van der Waals surface area contributed by atoms with E-state index in [0.717, 1.165) is 16.8 Å². The summed E-state index contributed by atoms with van der Waals surface area (Å²) in [5.41, 5.74) is 2.14. The number of hydrogen-bond donors (Lipinski definition) is 2. The summed E-state index contributed by atoms with van der Waals surface area (Å²) < 4.78 is 10.6. The third-order valence-corrected chi connectivity index (χ3v) is 4.11. The molecule has 4 rings (SSSR count). The van der Waals surface area contributed by atoms with E-state index in [1.165, 1.54) is 7.11 Å². The van der Waals surface area contributed by atoms with Crippen LogP contribution in [-0.4, -0.2) is 39.5 Å². The van der Waals surface area contributed by atoms with Gasteiger partial charge < -0.3 is 14.6 Å². The number of methoxy groups -OCH3 is 2. The number of aromatic hydroxyl groups is 1. The number of aromatic amines is 1. The zero-order valence-electron chi connectivity index (χ0n) is 14.7. The van der Waals surface area contributed by atoms with E-state index in [-0.39, 0.29) is 5.75 Å². The number of aromatic nitrogens is 4. The van der Waals surface area contributed by atoms with Gasteiger partial charge in [-0.25, -0.2) is 4.98 Å². The van der Waals surface area contributed by atoms with Gasteiger partial charge >= 0.3 is 0 Å². The van der Waals surface area contributed by atoms with Crippen molar-refractivity contribution in [2.45, 2.75) is 0 Å². The standard InChI is InChI=1S/C19H17N5O3/c1-26-15-5-3-4-13(8-15)24(14-6-7-16(25)17(9-14)27-2)19-20-10-12-11-21-23-18(12)22-19/h3-11,25H,1-2H3,(H,20,21,22,23). The largest absolute Gasteiger partial charge is 0.504 e. The van der Waals surface area contributed by atoms with Gasteiger partial charge in [0.1, 0.15) is 5.75 Å². The molecule has 136 valence electrons. The molecule has 0 spiro atoms. The second-order valence-electron chi connectivity index (χ2n) is 5.74. The summed E-state index contributed by atoms with van der Waals surface area (Å²) in [6.45, 7) is 0. The number of nitrogens with zero attached hydrogens (tertiary/aromatic N) is 4. The average molecular weight is 363 g/mol. The third-order valence-electron chi connectivity index (χ3n) is 4.11. The van der Waals surface area contributed by atoms with Gasteiger partial charge in [-0.2, -0.15) is 10.1 Å². The molecule has 0 unspecified atom stereocenters. The fraction of sp³-hybridized carbons (Fsp3) is 0.105. The smallest absolute Gasteiger partial charge is 0.236 e. The molecule has 2 N–H and O–H groups in total. The predicted octanol–water partition coefficient (Wildman–Crippen LogP) is 3.55. The molecule has 0 radical (unpaired) electrons. The molecule has 0 saturated carbocycles. The number of hydrogen-bond acceptors (Lipinski definition) is 7. The van der Waals surface area contributed by atoms with Crippen molar-refractivity contribution in [1.29, 1.82) is 0 Å². The second-order valence-corrected chi connectivity index (χ2v) is 5.74. The van der Waals surface area contributed by atoms with Crippen LogP contribution in [0.1, 0.15) is 0 Å². The van der Waals surface area contributed by atoms with Crippen LogP contribution < -0.4 is 14.4 Å². The van der Waals surface area contributed by atoms with Crippen molar-refractivity contribution in [1.82, 2.24) is 20.2 Å². The van der Waals surface area contributed by atoms with Crippen LogP contribution in [0.15, 0.2) is 54.9 Å². The number of phenols is 1. The van der Waals surface area contributed by atoms with Gasteiger partial charge in [-0.05, 0) is 24.3 Å². The summed E-state index contributed by atoms with van der Waals surface area (Å²) in [6.07, 6.45) is 3.37. The highest BCUT2D eigenvalue weighted by atomic mass is 16.5. The van der Waals surface area contributed by atoms with Crippen LogP contribution in [0.5, 0.6) is 17.2 Å². The lowest BCUT2D eigenvalue weighted by atomic mass is 10.2. The number of fused-ring (bicyclic) bond motifs is 1. The van der Waals surface area contributed by atoms with E-state index in [0.29, 0.717) is 23.1 Å². The summed E-state index contributed by atoms with van der Waals surface area (Å²) in [4.78, 5) is 10.9. The van der Waals surface area contributed by atoms with E-state index in [1.54, 1.807) is 37.7 Å². The number of H-pyrrole nitrogens is 1. The van der Waals surface area contributed by atoms with Crippen LogP contribution in [0.2, 0.25) is 0 Å². The van der Waals surface area contributed by atoms with E-state index in [9.17, 15) is 5.11 Å². The van der Waals surface area contributed by atoms with Gasteiger partial charge in [0, 0.05) is 18.3 Å². The Morgan fingerprint density at radius 1 is 1.00 bits per heavy atom. The Morgan fingerprint density at radius 3 is 2.67 bits per heavy atom. The normalized spacial score (nSPS) is 10.7. The minimum atomic E-state index is 0.0526. The molecule has 8 heteroatoms. The molecule has 4 aromatic rings. The Kier molecular flexibility index (Phi) is 4.21. The first-order valence-electron chi connectivity index (χ1n) is 8.17. The number of ether oxygens (including phenoxy) is 2. The number of benzene rings is 2. The molecule has 0 atom stereocenters. The van der Waals surface area contributed by atoms with Crippen LogP contribution in [-0.2, 0) is 0 Å². The zero-order chi connectivity index (χ0) is 18.8. The van der Waals surface area contributed by atoms with Crippen LogP contribution in [0.4, 0.5) is 17.3 Å². The minimum Gasteiger partial charge on any atom is -0.504 e. The van der Waals surface area contributed by atoms with Crippen LogP contribution in [0, 0.1) is 0 Å². The Labute approximate surface area is 155 Å². The highest BCUT2D eigenvalue weighted by molar-refractivity contribution is 5.79. The number of rotatable bonds is 5. The number of phenolic OH excluding ortho intramolecular Hbond substituents is 1. The van der Waals surface area contributed by atoms with Crippen molar-refractivity contribution < 1.29 is 14.6 Å². The second kappa shape index (κ2) is 6.83. The van der Waals surface area contributed by atoms with E-state index >= 15 is 0 Å². The summed E-state index contributed by atoms with van der Waals surface area (Å²) >= 11 is 0. The van der Waals surface area contributed by atoms with Crippen LogP contribution in [0.3, 0.4) is 0 Å². The average Bonchev–Trinajstić information content (AvgIpc) is 3.17. The van der Waals surface area contributed by atoms with Crippen LogP contribution in [0.25, 0.3) is 11.0 Å². The quantitative estimate of drug-likeness (QED) is 0.560. The lowest BCUT2D eigenvalue weighted by Crippen LogP contribution is -2.13. The Balaban J connectivity index is 1.91. The van der Waals surface area contributed by atoms with E-state index in [1.807, 2.05) is 29.2 Å². The van der Waals surface area contributed by atoms with Crippen molar-refractivity contribution in [2.24, 2.45) is 0 Å². The maximum atomic E-state index is 9.95. The molecular formula is C19H17N5O3. The number of nitrogens with one attached hydrogen (secondary N) is 1. The van der Waals surface area contributed by atoms with E-state index in [4.69, 9.17) is 9.47 Å². The van der Waals surface area contributed by atoms with Crippen molar-refractivity contribution in [3.05, 3.63) is 54.9 Å². The molecule has 0 fully saturated rings. The first kappa shape index (κ1) is 16.6. The Hall–Kier alpha value is -3.81. The van der Waals surface area contributed by atoms with Crippen molar-refractivity contribution in [3.63, 3.8) is 0 Å². The minimum absolute atomic E-state index is 0.0526. The first-order chi connectivity index (χ1) is 13.2. The van der Waals surface area contributed by atoms with Gasteiger partial charge in [-0.3, -0.25) is 10.00 Å². The van der Waals surface area contributed by atoms with Crippen molar-refractivity contribution >= 4 is 28.4 Å². The fourth-order valence-electron chi connectivity index (χ4n) is 2.77. The van der Waals surface area contributed by atoms with E-state index in [2.05, 4.69) is 20.2 Å². The lowest BCUT2D eigenvalue weighted by Gasteiger charge is -2.24. The molecule has 2 aromatic heterocycles. The SMILES string of the molecule is COc1cccc(N(c2ccc(O)c(OC)c2)c2ncc3cn[nH]c3n2)c1. The molecule has 0 saturated heterocycles. The molecule has 8 nitrogen and oxygen atoms in total. The first-order valence-corrected chi connectivity index (χ1v) is 8.17. The van der Waals surface area contributed by atoms with Crippen molar-refractivity contribution in [2.75, 3.05) is 19.1 Å². The molecule has 0 amide bonds. The molecule has 0 aliphatic rings. The Morgan fingerprint density at radius 2 is 1.85 bits per heavy atom. The summed E-state index contributed by atoms with van der Waals surface area (Å²) in [5.74, 6) is 1.54. The highest BCUT2D eigenvalue weighted by Crippen LogP contribution is 2.38. The zero-order valence-corrected chi connectivity index (χ0v) is 14.7. The lowest BCUT2D eigenvalue weighted by molar-refractivity contribution is 0.373. The maximum absolute atomic E-state index is 9.95. The summed E-state index contributed by atoms with van der Waals surface area (Å²) in [5, 5.41) is 17.6. The summed E-state index contributed by atoms with van der Waals surface area (Å²) in [7, 11) is 3.11. The van der Waals surface area contributed by atoms with Gasteiger partial charge in [-0.1, -0.05) is 6.07 Å². The van der Waals surface area contributed by atoms with Crippen molar-refractivity contribution in [3.8, 4) is 17.2 Å². The monoisotopic (exact) mass is 363 g/mol. The fourth-order valence-corrected chi connectivity index (χ4v) is 2.77. The van der Waals surface area contributed by atoms with Gasteiger partial charge in [-0.15, -0.1) is 0 Å².